The van der Waals surface area contributed by atoms with E-state index in [1.807, 2.05) is 13.8 Å². The fourth-order valence-corrected chi connectivity index (χ4v) is 5.47. The Hall–Kier alpha value is -1.06. The minimum Gasteiger partial charge on any atom is -0.511 e. The van der Waals surface area contributed by atoms with E-state index in [4.69, 9.17) is 4.74 Å². The Morgan fingerprint density at radius 3 is 1.22 bits per heavy atom. The van der Waals surface area contributed by atoms with Gasteiger partial charge in [-0.2, -0.15) is 0 Å². The predicted molar refractivity (Wildman–Crippen MR) is 123 cm³/mol. The van der Waals surface area contributed by atoms with Crippen molar-refractivity contribution >= 4 is 53.1 Å². The Morgan fingerprint density at radius 1 is 0.741 bits per heavy atom. The van der Waals surface area contributed by atoms with Crippen LogP contribution in [0, 0.1) is 0 Å². The maximum absolute atomic E-state index is 4.80. The monoisotopic (exact) mass is 595 g/mol. The van der Waals surface area contributed by atoms with Gasteiger partial charge in [-0.25, -0.2) is 0 Å². The molecule has 27 heavy (non-hydrogen) atoms. The van der Waals surface area contributed by atoms with Gasteiger partial charge in [-0.15, -0.1) is 0 Å². The van der Waals surface area contributed by atoms with Gasteiger partial charge in [-0.3, -0.25) is 0 Å². The van der Waals surface area contributed by atoms with Crippen molar-refractivity contribution in [2.24, 2.45) is 0 Å². The largest absolute Gasteiger partial charge is 1.00 e. The third-order valence-electron chi connectivity index (χ3n) is 3.52. The van der Waals surface area contributed by atoms with E-state index in [0.29, 0.717) is 0 Å². The van der Waals surface area contributed by atoms with Crippen molar-refractivity contribution in [3.8, 4) is 0 Å². The van der Waals surface area contributed by atoms with E-state index in [-0.39, 0.29) is 32.9 Å². The van der Waals surface area contributed by atoms with Crippen LogP contribution in [0.1, 0.15) is 13.8 Å². The van der Waals surface area contributed by atoms with Gasteiger partial charge >= 0.3 is 22.4 Å². The average Bonchev–Trinajstić information content (AvgIpc) is 2.64. The van der Waals surface area contributed by atoms with Crippen LogP contribution in [-0.4, -0.2) is 10.5 Å². The Kier molecular flexibility index (Phi) is 11.7. The third-order valence-corrected chi connectivity index (χ3v) is 6.44. The molecule has 0 atom stereocenters. The van der Waals surface area contributed by atoms with Crippen LogP contribution in [-0.2, 0) is 39.7 Å². The van der Waals surface area contributed by atoms with E-state index in [2.05, 4.69) is 116 Å². The first-order valence-corrected chi connectivity index (χ1v) is 10.8. The molecule has 0 aliphatic rings. The first kappa shape index (κ1) is 24.0. The molecule has 0 radical (unpaired) electrons. The molecule has 5 heteroatoms. The zero-order valence-electron chi connectivity index (χ0n) is 15.3. The van der Waals surface area contributed by atoms with Gasteiger partial charge in [0, 0.05) is 4.38 Å². The quantitative estimate of drug-likeness (QED) is 0.192. The molecular formula is C22H23AuOPS2+. The van der Waals surface area contributed by atoms with Crippen LogP contribution < -0.4 is 15.9 Å². The smallest absolute Gasteiger partial charge is 0.511 e. The summed E-state index contributed by atoms with van der Waals surface area (Å²) in [6.45, 7) is 3.78. The molecule has 0 bridgehead atoms. The molecule has 3 aromatic carbocycles. The van der Waals surface area contributed by atoms with E-state index in [0.717, 1.165) is 0 Å². The molecule has 0 aliphatic heterocycles. The number of ether oxygens (including phenoxy) is 1. The summed E-state index contributed by atoms with van der Waals surface area (Å²) in [7, 11) is -0.877. The first-order valence-electron chi connectivity index (χ1n) is 8.48. The summed E-state index contributed by atoms with van der Waals surface area (Å²) in [5, 5.41) is 4.31. The van der Waals surface area contributed by atoms with Gasteiger partial charge in [0.1, 0.15) is 15.9 Å². The second-order valence-corrected chi connectivity index (χ2v) is 9.37. The van der Waals surface area contributed by atoms with Crippen molar-refractivity contribution < 1.29 is 27.1 Å². The van der Waals surface area contributed by atoms with Gasteiger partial charge in [0.25, 0.3) is 0 Å². The van der Waals surface area contributed by atoms with Crippen molar-refractivity contribution in [1.29, 1.82) is 0 Å². The molecule has 0 unspecified atom stereocenters. The maximum atomic E-state index is 4.80. The van der Waals surface area contributed by atoms with E-state index >= 15 is 0 Å². The molecule has 3 aromatic rings. The molecule has 0 amide bonds. The summed E-state index contributed by atoms with van der Waals surface area (Å²) in [6, 6.07) is 32.5. The van der Waals surface area contributed by atoms with Crippen LogP contribution in [0.4, 0.5) is 0 Å². The van der Waals surface area contributed by atoms with E-state index in [1.54, 1.807) is 0 Å². The molecule has 0 spiro atoms. The van der Waals surface area contributed by atoms with Crippen molar-refractivity contribution in [3.63, 3.8) is 0 Å². The SMILES string of the molecule is CC(C)OC(=S)[S-].[Au+].c1ccc([PH+](c2ccccc2)c2ccccc2)cc1. The molecule has 0 fully saturated rings. The van der Waals surface area contributed by atoms with Gasteiger partial charge in [0.2, 0.25) is 0 Å². The van der Waals surface area contributed by atoms with Gasteiger partial charge < -0.3 is 29.6 Å². The van der Waals surface area contributed by atoms with E-state index in [1.165, 1.54) is 15.9 Å². The summed E-state index contributed by atoms with van der Waals surface area (Å²) in [5.41, 5.74) is 0. The van der Waals surface area contributed by atoms with Crippen LogP contribution >= 0.6 is 20.1 Å². The number of rotatable bonds is 4. The molecule has 0 N–H and O–H groups in total. The summed E-state index contributed by atoms with van der Waals surface area (Å²) >= 11 is 8.93. The second kappa shape index (κ2) is 13.2. The fourth-order valence-electron chi connectivity index (χ4n) is 2.51. The zero-order valence-corrected chi connectivity index (χ0v) is 20.1. The summed E-state index contributed by atoms with van der Waals surface area (Å²) in [6.07, 6.45) is 0.130. The fraction of sp³-hybridized carbons (Fsp3) is 0.136. The summed E-state index contributed by atoms with van der Waals surface area (Å²) < 4.78 is 5.00. The molecule has 0 aromatic heterocycles. The van der Waals surface area contributed by atoms with Crippen molar-refractivity contribution in [2.45, 2.75) is 20.0 Å². The van der Waals surface area contributed by atoms with Gasteiger partial charge in [0.15, 0.2) is 0 Å². The van der Waals surface area contributed by atoms with Crippen LogP contribution in [0.2, 0.25) is 0 Å². The van der Waals surface area contributed by atoms with E-state index in [9.17, 15) is 0 Å². The van der Waals surface area contributed by atoms with Crippen LogP contribution in [0.5, 0.6) is 0 Å². The van der Waals surface area contributed by atoms with Crippen LogP contribution in [0.25, 0.3) is 0 Å². The van der Waals surface area contributed by atoms with Gasteiger partial charge in [0.05, 0.1) is 14.0 Å². The number of thiocarbonyl (C=S) groups is 1. The standard InChI is InChI=1S/C18H15P.C4H8OS2.Au/c1-4-10-16(11-5-1)19(17-12-6-2-7-13-17)18-14-8-3-9-15-18;1-3(2)5-4(6)7;/h1-15H;3H,1-2H3,(H,6,7);/q;;+1. The summed E-state index contributed by atoms with van der Waals surface area (Å²) in [5.74, 6) is 0. The number of benzene rings is 3. The molecule has 3 rings (SSSR count). The minimum absolute atomic E-state index is 0. The zero-order chi connectivity index (χ0) is 18.8. The molecule has 144 valence electrons. The molecule has 0 heterocycles. The molecular weight excluding hydrogens is 572 g/mol. The van der Waals surface area contributed by atoms with Crippen molar-refractivity contribution in [3.05, 3.63) is 91.0 Å². The average molecular weight is 596 g/mol. The Labute approximate surface area is 190 Å². The Bertz CT molecular complexity index is 689. The Morgan fingerprint density at radius 2 is 1.04 bits per heavy atom. The van der Waals surface area contributed by atoms with Crippen molar-refractivity contribution in [2.75, 3.05) is 0 Å². The Balaban J connectivity index is 0.000000395. The second-order valence-electron chi connectivity index (χ2n) is 5.89. The number of hydrogen-bond acceptors (Lipinski definition) is 3. The van der Waals surface area contributed by atoms with Crippen LogP contribution in [0.15, 0.2) is 91.0 Å². The number of hydrogen-bond donors (Lipinski definition) is 0. The van der Waals surface area contributed by atoms with E-state index < -0.39 is 7.92 Å². The molecule has 1 nitrogen and oxygen atoms in total. The van der Waals surface area contributed by atoms with Gasteiger partial charge in [-0.1, -0.05) is 54.6 Å². The topological polar surface area (TPSA) is 9.23 Å². The predicted octanol–water partition coefficient (Wildman–Crippen LogP) is 4.42. The minimum atomic E-state index is -0.877. The third kappa shape index (κ3) is 8.66. The summed E-state index contributed by atoms with van der Waals surface area (Å²) in [4.78, 5) is 0. The van der Waals surface area contributed by atoms with Crippen LogP contribution in [0.3, 0.4) is 0 Å². The molecule has 0 saturated carbocycles. The van der Waals surface area contributed by atoms with Crippen molar-refractivity contribution in [1.82, 2.24) is 0 Å². The molecule has 0 saturated heterocycles. The normalized spacial score (nSPS) is 9.78. The molecule has 0 aliphatic carbocycles. The van der Waals surface area contributed by atoms with Gasteiger partial charge in [-0.05, 0) is 50.2 Å². The maximum Gasteiger partial charge on any atom is 1.00 e. The first-order chi connectivity index (χ1) is 12.6.